The van der Waals surface area contributed by atoms with Gasteiger partial charge in [-0.1, -0.05) is 30.3 Å². The molecule has 0 radical (unpaired) electrons. The van der Waals surface area contributed by atoms with Gasteiger partial charge in [0.05, 0.1) is 0 Å². The maximum absolute atomic E-state index is 13.3. The number of amides is 1. The van der Waals surface area contributed by atoms with Crippen LogP contribution in [0, 0.1) is 5.82 Å². The summed E-state index contributed by atoms with van der Waals surface area (Å²) in [5.74, 6) is -0.146. The van der Waals surface area contributed by atoms with Crippen LogP contribution in [0.1, 0.15) is 30.9 Å². The van der Waals surface area contributed by atoms with Gasteiger partial charge in [-0.3, -0.25) is 4.79 Å². The van der Waals surface area contributed by atoms with Gasteiger partial charge in [-0.15, -0.1) is 0 Å². The van der Waals surface area contributed by atoms with Crippen LogP contribution in [0.25, 0.3) is 10.9 Å². The molecule has 3 nitrogen and oxygen atoms in total. The molecule has 0 unspecified atom stereocenters. The zero-order chi connectivity index (χ0) is 17.6. The van der Waals surface area contributed by atoms with E-state index >= 15 is 0 Å². The molecular weight excluding hydrogens is 315 g/mol. The van der Waals surface area contributed by atoms with Crippen LogP contribution in [0.15, 0.2) is 54.7 Å². The number of hydrogen-bond acceptors (Lipinski definition) is 1. The Hall–Kier alpha value is -2.62. The van der Waals surface area contributed by atoms with Gasteiger partial charge in [0.25, 0.3) is 0 Å². The van der Waals surface area contributed by atoms with Crippen LogP contribution >= 0.6 is 0 Å². The summed E-state index contributed by atoms with van der Waals surface area (Å²) in [6, 6.07) is 14.6. The Labute approximate surface area is 147 Å². The average Bonchev–Trinajstić information content (AvgIpc) is 3.03. The average molecular weight is 338 g/mol. The second kappa shape index (κ2) is 7.97. The van der Waals surface area contributed by atoms with E-state index in [4.69, 9.17) is 0 Å². The van der Waals surface area contributed by atoms with Gasteiger partial charge in [-0.25, -0.2) is 4.39 Å². The van der Waals surface area contributed by atoms with E-state index in [0.717, 1.165) is 23.9 Å². The highest BCUT2D eigenvalue weighted by Crippen LogP contribution is 2.19. The van der Waals surface area contributed by atoms with Crippen LogP contribution in [0.2, 0.25) is 0 Å². The molecule has 3 aromatic rings. The van der Waals surface area contributed by atoms with E-state index in [1.165, 1.54) is 23.1 Å². The molecule has 1 amide bonds. The fraction of sp³-hybridized carbons (Fsp3) is 0.286. The molecular formula is C21H23FN2O. The number of carbonyl (C=O) groups excluding carboxylic acids is 1. The van der Waals surface area contributed by atoms with E-state index < -0.39 is 0 Å². The van der Waals surface area contributed by atoms with Crippen molar-refractivity contribution in [3.8, 4) is 0 Å². The molecule has 4 heteroatoms. The van der Waals surface area contributed by atoms with E-state index in [2.05, 4.69) is 17.1 Å². The highest BCUT2D eigenvalue weighted by atomic mass is 19.1. The number of halogens is 1. The van der Waals surface area contributed by atoms with Crippen molar-refractivity contribution in [2.24, 2.45) is 0 Å². The Bertz CT molecular complexity index is 856. The second-order valence-corrected chi connectivity index (χ2v) is 6.25. The topological polar surface area (TPSA) is 36.1 Å². The Morgan fingerprint density at radius 3 is 2.80 bits per heavy atom. The molecule has 0 aliphatic rings. The van der Waals surface area contributed by atoms with Gasteiger partial charge in [0.1, 0.15) is 5.82 Å². The molecule has 0 aliphatic heterocycles. The number of fused-ring (bicyclic) bond motifs is 1. The van der Waals surface area contributed by atoms with Crippen molar-refractivity contribution in [3.63, 3.8) is 0 Å². The lowest BCUT2D eigenvalue weighted by Crippen LogP contribution is -2.30. The number of aromatic amines is 1. The third kappa shape index (κ3) is 4.27. The standard InChI is InChI=1S/C21H23FN2O/c1-2-24(15-16-7-5-9-18(22)13-16)21(25)12-6-8-17-14-23-20-11-4-3-10-19(17)20/h3-5,7,9-11,13-14,23H,2,6,8,12,15H2,1H3. The Kier molecular flexibility index (Phi) is 5.49. The third-order valence-electron chi connectivity index (χ3n) is 4.51. The van der Waals surface area contributed by atoms with E-state index in [0.29, 0.717) is 19.5 Å². The summed E-state index contributed by atoms with van der Waals surface area (Å²) >= 11 is 0. The zero-order valence-electron chi connectivity index (χ0n) is 14.5. The van der Waals surface area contributed by atoms with Crippen molar-refractivity contribution in [1.82, 2.24) is 9.88 Å². The predicted octanol–water partition coefficient (Wildman–Crippen LogP) is 4.68. The normalized spacial score (nSPS) is 11.0. The molecule has 2 aromatic carbocycles. The summed E-state index contributed by atoms with van der Waals surface area (Å²) in [5.41, 5.74) is 3.20. The van der Waals surface area contributed by atoms with Gasteiger partial charge in [-0.2, -0.15) is 0 Å². The third-order valence-corrected chi connectivity index (χ3v) is 4.51. The van der Waals surface area contributed by atoms with Crippen LogP contribution in [0.5, 0.6) is 0 Å². The SMILES string of the molecule is CCN(Cc1cccc(F)c1)C(=O)CCCc1c[nH]c2ccccc12. The lowest BCUT2D eigenvalue weighted by Gasteiger charge is -2.21. The van der Waals surface area contributed by atoms with Crippen LogP contribution in [0.3, 0.4) is 0 Å². The number of nitrogens with zero attached hydrogens (tertiary/aromatic N) is 1. The molecule has 1 aromatic heterocycles. The minimum Gasteiger partial charge on any atom is -0.361 e. The van der Waals surface area contributed by atoms with Crippen LogP contribution < -0.4 is 0 Å². The molecule has 0 saturated carbocycles. The second-order valence-electron chi connectivity index (χ2n) is 6.25. The summed E-state index contributed by atoms with van der Waals surface area (Å²) < 4.78 is 13.3. The molecule has 0 aliphatic carbocycles. The number of benzene rings is 2. The zero-order valence-corrected chi connectivity index (χ0v) is 14.5. The number of carbonyl (C=O) groups is 1. The monoisotopic (exact) mass is 338 g/mol. The van der Waals surface area contributed by atoms with Gasteiger partial charge in [-0.05, 0) is 49.1 Å². The van der Waals surface area contributed by atoms with Gasteiger partial charge in [0.15, 0.2) is 0 Å². The van der Waals surface area contributed by atoms with Crippen molar-refractivity contribution >= 4 is 16.8 Å². The molecule has 0 saturated heterocycles. The fourth-order valence-corrected chi connectivity index (χ4v) is 3.16. The summed E-state index contributed by atoms with van der Waals surface area (Å²) in [7, 11) is 0. The summed E-state index contributed by atoms with van der Waals surface area (Å²) in [4.78, 5) is 17.5. The molecule has 3 rings (SSSR count). The van der Waals surface area contributed by atoms with Crippen molar-refractivity contribution in [3.05, 3.63) is 71.7 Å². The molecule has 0 fully saturated rings. The Morgan fingerprint density at radius 2 is 2.00 bits per heavy atom. The minimum atomic E-state index is -0.264. The quantitative estimate of drug-likeness (QED) is 0.667. The van der Waals surface area contributed by atoms with E-state index in [9.17, 15) is 9.18 Å². The largest absolute Gasteiger partial charge is 0.361 e. The van der Waals surface area contributed by atoms with E-state index in [1.54, 1.807) is 11.0 Å². The van der Waals surface area contributed by atoms with Gasteiger partial charge in [0, 0.05) is 36.6 Å². The number of aryl methyl sites for hydroxylation is 1. The first-order chi connectivity index (χ1) is 12.2. The molecule has 130 valence electrons. The van der Waals surface area contributed by atoms with Gasteiger partial charge in [0.2, 0.25) is 5.91 Å². The summed E-state index contributed by atoms with van der Waals surface area (Å²) in [5, 5.41) is 1.22. The highest BCUT2D eigenvalue weighted by molar-refractivity contribution is 5.83. The molecule has 1 N–H and O–H groups in total. The first kappa shape index (κ1) is 17.2. The minimum absolute atomic E-state index is 0.117. The predicted molar refractivity (Wildman–Crippen MR) is 98.7 cm³/mol. The lowest BCUT2D eigenvalue weighted by atomic mass is 10.1. The first-order valence-corrected chi connectivity index (χ1v) is 8.74. The van der Waals surface area contributed by atoms with Gasteiger partial charge >= 0.3 is 0 Å². The maximum atomic E-state index is 13.3. The molecule has 0 atom stereocenters. The molecule has 0 bridgehead atoms. The Balaban J connectivity index is 1.55. The van der Waals surface area contributed by atoms with E-state index in [1.807, 2.05) is 31.3 Å². The number of H-pyrrole nitrogens is 1. The number of nitrogens with one attached hydrogen (secondary N) is 1. The molecule has 1 heterocycles. The van der Waals surface area contributed by atoms with Crippen molar-refractivity contribution < 1.29 is 9.18 Å². The number of para-hydroxylation sites is 1. The van der Waals surface area contributed by atoms with Crippen LogP contribution in [-0.4, -0.2) is 22.3 Å². The fourth-order valence-electron chi connectivity index (χ4n) is 3.16. The summed E-state index contributed by atoms with van der Waals surface area (Å²) in [6.07, 6.45) is 4.20. The van der Waals surface area contributed by atoms with Crippen molar-refractivity contribution in [1.29, 1.82) is 0 Å². The molecule has 25 heavy (non-hydrogen) atoms. The lowest BCUT2D eigenvalue weighted by molar-refractivity contribution is -0.131. The Morgan fingerprint density at radius 1 is 1.16 bits per heavy atom. The van der Waals surface area contributed by atoms with Crippen molar-refractivity contribution in [2.45, 2.75) is 32.7 Å². The summed E-state index contributed by atoms with van der Waals surface area (Å²) in [6.45, 7) is 3.04. The van der Waals surface area contributed by atoms with Crippen LogP contribution in [-0.2, 0) is 17.8 Å². The van der Waals surface area contributed by atoms with Crippen molar-refractivity contribution in [2.75, 3.05) is 6.54 Å². The number of aromatic nitrogens is 1. The highest BCUT2D eigenvalue weighted by Gasteiger charge is 2.13. The van der Waals surface area contributed by atoms with Gasteiger partial charge < -0.3 is 9.88 Å². The van der Waals surface area contributed by atoms with Crippen LogP contribution in [0.4, 0.5) is 4.39 Å². The first-order valence-electron chi connectivity index (χ1n) is 8.74. The number of rotatable bonds is 7. The smallest absolute Gasteiger partial charge is 0.222 e. The molecule has 0 spiro atoms. The maximum Gasteiger partial charge on any atom is 0.222 e. The number of hydrogen-bond donors (Lipinski definition) is 1. The van der Waals surface area contributed by atoms with E-state index in [-0.39, 0.29) is 11.7 Å².